The lowest BCUT2D eigenvalue weighted by Gasteiger charge is -2.39. The summed E-state index contributed by atoms with van der Waals surface area (Å²) in [5.41, 5.74) is 2.40. The summed E-state index contributed by atoms with van der Waals surface area (Å²) >= 11 is 0. The van der Waals surface area contributed by atoms with Crippen molar-refractivity contribution in [2.24, 2.45) is 0 Å². The van der Waals surface area contributed by atoms with E-state index < -0.39 is 0 Å². The minimum atomic E-state index is -0.181. The Hall–Kier alpha value is -3.09. The van der Waals surface area contributed by atoms with Crippen molar-refractivity contribution >= 4 is 5.91 Å². The Kier molecular flexibility index (Phi) is 6.97. The minimum absolute atomic E-state index is 0.0444. The molecule has 1 amide bonds. The molecule has 3 aromatic rings. The third-order valence-corrected chi connectivity index (χ3v) is 6.89. The molecule has 2 saturated heterocycles. The van der Waals surface area contributed by atoms with Crippen LogP contribution in [0.3, 0.4) is 0 Å². The van der Waals surface area contributed by atoms with E-state index in [-0.39, 0.29) is 17.6 Å². The molecule has 1 aromatic heterocycles. The highest BCUT2D eigenvalue weighted by molar-refractivity contribution is 5.91. The van der Waals surface area contributed by atoms with Crippen LogP contribution in [0.5, 0.6) is 5.75 Å². The van der Waals surface area contributed by atoms with Gasteiger partial charge in [-0.15, -0.1) is 0 Å². The molecule has 2 aliphatic heterocycles. The number of nitrogens with zero attached hydrogens (tertiary/aromatic N) is 1. The standard InChI is InChI=1S/C28H32N2O4/c31-27(26-10-5-17-32-26)29-19-25-11-12-28(34-25)13-15-30(16-14-28)20-23-8-4-9-24(18-23)33-21-22-6-2-1-3-7-22/h1-10,17-18,25H,11-16,19-21H2,(H,29,31)/t25-/m0/s1. The fourth-order valence-electron chi connectivity index (χ4n) is 4.96. The summed E-state index contributed by atoms with van der Waals surface area (Å²) in [5, 5.41) is 2.94. The molecule has 0 saturated carbocycles. The Balaban J connectivity index is 1.07. The van der Waals surface area contributed by atoms with E-state index in [9.17, 15) is 4.79 Å². The summed E-state index contributed by atoms with van der Waals surface area (Å²) in [4.78, 5) is 14.6. The number of ether oxygens (including phenoxy) is 2. The quantitative estimate of drug-likeness (QED) is 0.523. The maximum absolute atomic E-state index is 12.1. The van der Waals surface area contributed by atoms with E-state index in [1.807, 2.05) is 24.3 Å². The second kappa shape index (κ2) is 10.5. The molecule has 2 aromatic carbocycles. The summed E-state index contributed by atoms with van der Waals surface area (Å²) in [6, 6.07) is 22.1. The number of hydrogen-bond donors (Lipinski definition) is 1. The highest BCUT2D eigenvalue weighted by atomic mass is 16.5. The van der Waals surface area contributed by atoms with E-state index in [1.54, 1.807) is 12.1 Å². The first-order chi connectivity index (χ1) is 16.7. The van der Waals surface area contributed by atoms with Crippen molar-refractivity contribution in [2.45, 2.75) is 50.5 Å². The number of carbonyl (C=O) groups is 1. The maximum Gasteiger partial charge on any atom is 0.287 e. The van der Waals surface area contributed by atoms with Gasteiger partial charge in [0.15, 0.2) is 5.76 Å². The Morgan fingerprint density at radius 3 is 2.62 bits per heavy atom. The van der Waals surface area contributed by atoms with Gasteiger partial charge in [-0.25, -0.2) is 0 Å². The molecular formula is C28H32N2O4. The van der Waals surface area contributed by atoms with Crippen molar-refractivity contribution in [2.75, 3.05) is 19.6 Å². The molecule has 0 radical (unpaired) electrons. The second-order valence-electron chi connectivity index (χ2n) is 9.35. The third kappa shape index (κ3) is 5.69. The molecule has 6 nitrogen and oxygen atoms in total. The molecule has 1 spiro atoms. The Bertz CT molecular complexity index is 1060. The fraction of sp³-hybridized carbons (Fsp3) is 0.393. The highest BCUT2D eigenvalue weighted by Gasteiger charge is 2.42. The van der Waals surface area contributed by atoms with Crippen molar-refractivity contribution in [1.29, 1.82) is 0 Å². The Labute approximate surface area is 200 Å². The largest absolute Gasteiger partial charge is 0.489 e. The van der Waals surface area contributed by atoms with Crippen LogP contribution in [-0.2, 0) is 17.9 Å². The first-order valence-corrected chi connectivity index (χ1v) is 12.2. The molecule has 6 heteroatoms. The molecule has 1 N–H and O–H groups in total. The Morgan fingerprint density at radius 1 is 1.00 bits per heavy atom. The van der Waals surface area contributed by atoms with Crippen LogP contribution in [0.1, 0.15) is 47.4 Å². The predicted molar refractivity (Wildman–Crippen MR) is 130 cm³/mol. The molecule has 0 bridgehead atoms. The average Bonchev–Trinajstić information content (AvgIpc) is 3.55. The number of piperidine rings is 1. The predicted octanol–water partition coefficient (Wildman–Crippen LogP) is 4.80. The van der Waals surface area contributed by atoms with Gasteiger partial charge in [-0.3, -0.25) is 9.69 Å². The summed E-state index contributed by atoms with van der Waals surface area (Å²) in [5.74, 6) is 1.07. The summed E-state index contributed by atoms with van der Waals surface area (Å²) < 4.78 is 17.6. The molecule has 1 atom stereocenters. The lowest BCUT2D eigenvalue weighted by atomic mass is 9.88. The molecule has 2 fully saturated rings. The van der Waals surface area contributed by atoms with Crippen molar-refractivity contribution in [3.63, 3.8) is 0 Å². The number of likely N-dealkylation sites (tertiary alicyclic amines) is 1. The van der Waals surface area contributed by atoms with Gasteiger partial charge in [-0.2, -0.15) is 0 Å². The first-order valence-electron chi connectivity index (χ1n) is 12.2. The van der Waals surface area contributed by atoms with Crippen LogP contribution in [0.15, 0.2) is 77.4 Å². The van der Waals surface area contributed by atoms with E-state index >= 15 is 0 Å². The minimum Gasteiger partial charge on any atom is -0.489 e. The normalized spacial score (nSPS) is 19.8. The van der Waals surface area contributed by atoms with Gasteiger partial charge in [-0.1, -0.05) is 42.5 Å². The van der Waals surface area contributed by atoms with E-state index in [1.165, 1.54) is 17.4 Å². The molecule has 178 valence electrons. The van der Waals surface area contributed by atoms with Crippen molar-refractivity contribution < 1.29 is 18.7 Å². The monoisotopic (exact) mass is 460 g/mol. The SMILES string of the molecule is O=C(NC[C@@H]1CCC2(CCN(Cc3cccc(OCc4ccccc4)c3)CC2)O1)c1ccco1. The zero-order valence-corrected chi connectivity index (χ0v) is 19.4. The van der Waals surface area contributed by atoms with Crippen molar-refractivity contribution in [1.82, 2.24) is 10.2 Å². The van der Waals surface area contributed by atoms with E-state index in [4.69, 9.17) is 13.9 Å². The van der Waals surface area contributed by atoms with Gasteiger partial charge in [0.05, 0.1) is 18.0 Å². The average molecular weight is 461 g/mol. The summed E-state index contributed by atoms with van der Waals surface area (Å²) in [7, 11) is 0. The van der Waals surface area contributed by atoms with Crippen LogP contribution in [0, 0.1) is 0 Å². The smallest absolute Gasteiger partial charge is 0.287 e. The Morgan fingerprint density at radius 2 is 1.82 bits per heavy atom. The van der Waals surface area contributed by atoms with Gasteiger partial charge in [-0.05, 0) is 61.1 Å². The molecule has 5 rings (SSSR count). The number of amides is 1. The van der Waals surface area contributed by atoms with Crippen molar-refractivity contribution in [3.05, 3.63) is 89.9 Å². The summed E-state index contributed by atoms with van der Waals surface area (Å²) in [6.45, 7) is 4.06. The number of carbonyl (C=O) groups excluding carboxylic acids is 1. The zero-order chi connectivity index (χ0) is 23.2. The topological polar surface area (TPSA) is 63.9 Å². The van der Waals surface area contributed by atoms with Crippen molar-refractivity contribution in [3.8, 4) is 5.75 Å². The number of nitrogens with one attached hydrogen (secondary N) is 1. The molecule has 2 aliphatic rings. The lowest BCUT2D eigenvalue weighted by molar-refractivity contribution is -0.0764. The van der Waals surface area contributed by atoms with Crippen LogP contribution in [-0.4, -0.2) is 42.1 Å². The first kappa shape index (κ1) is 22.7. The zero-order valence-electron chi connectivity index (χ0n) is 19.4. The van der Waals surface area contributed by atoms with Gasteiger partial charge >= 0.3 is 0 Å². The number of hydrogen-bond acceptors (Lipinski definition) is 5. The van der Waals surface area contributed by atoms with Crippen LogP contribution in [0.2, 0.25) is 0 Å². The van der Waals surface area contributed by atoms with Crippen LogP contribution in [0.4, 0.5) is 0 Å². The molecule has 3 heterocycles. The molecule has 0 aliphatic carbocycles. The van der Waals surface area contributed by atoms with Gasteiger partial charge in [0.25, 0.3) is 5.91 Å². The van der Waals surface area contributed by atoms with E-state index in [0.29, 0.717) is 18.9 Å². The van der Waals surface area contributed by atoms with Crippen LogP contribution < -0.4 is 10.1 Å². The third-order valence-electron chi connectivity index (χ3n) is 6.89. The van der Waals surface area contributed by atoms with Crippen LogP contribution in [0.25, 0.3) is 0 Å². The number of benzene rings is 2. The molecular weight excluding hydrogens is 428 g/mol. The van der Waals surface area contributed by atoms with Crippen LogP contribution >= 0.6 is 0 Å². The maximum atomic E-state index is 12.1. The van der Waals surface area contributed by atoms with Gasteiger partial charge < -0.3 is 19.2 Å². The molecule has 0 unspecified atom stereocenters. The fourth-order valence-corrected chi connectivity index (χ4v) is 4.96. The van der Waals surface area contributed by atoms with Gasteiger partial charge in [0.2, 0.25) is 0 Å². The van der Waals surface area contributed by atoms with Gasteiger partial charge in [0.1, 0.15) is 12.4 Å². The molecule has 34 heavy (non-hydrogen) atoms. The van der Waals surface area contributed by atoms with Gasteiger partial charge in [0, 0.05) is 26.2 Å². The number of rotatable bonds is 8. The lowest BCUT2D eigenvalue weighted by Crippen LogP contribution is -2.44. The van der Waals surface area contributed by atoms with E-state index in [2.05, 4.69) is 40.5 Å². The second-order valence-corrected chi connectivity index (χ2v) is 9.35. The highest BCUT2D eigenvalue weighted by Crippen LogP contribution is 2.39. The number of furan rings is 1. The van der Waals surface area contributed by atoms with E-state index in [0.717, 1.165) is 51.1 Å². The summed E-state index contributed by atoms with van der Waals surface area (Å²) in [6.07, 6.45) is 5.69.